The van der Waals surface area contributed by atoms with Crippen molar-refractivity contribution in [2.24, 2.45) is 0 Å². The zero-order valence-electron chi connectivity index (χ0n) is 9.84. The summed E-state index contributed by atoms with van der Waals surface area (Å²) in [7, 11) is 0. The molecule has 90 valence electrons. The van der Waals surface area contributed by atoms with Crippen LogP contribution < -0.4 is 5.32 Å². The normalized spacial score (nSPS) is 10.6. The van der Waals surface area contributed by atoms with Crippen LogP contribution in [0.2, 0.25) is 5.02 Å². The molecule has 1 aromatic carbocycles. The van der Waals surface area contributed by atoms with Crippen molar-refractivity contribution >= 4 is 23.4 Å². The number of rotatable bonds is 8. The van der Waals surface area contributed by atoms with Crippen LogP contribution in [0.5, 0.6) is 0 Å². The van der Waals surface area contributed by atoms with Crippen molar-refractivity contribution in [2.45, 2.75) is 25.8 Å². The third kappa shape index (κ3) is 6.41. The fourth-order valence-electron chi connectivity index (χ4n) is 1.55. The van der Waals surface area contributed by atoms with E-state index >= 15 is 0 Å². The maximum absolute atomic E-state index is 5.91. The van der Waals surface area contributed by atoms with Crippen LogP contribution in [0.3, 0.4) is 0 Å². The molecule has 0 unspecified atom stereocenters. The van der Waals surface area contributed by atoms with Crippen molar-refractivity contribution in [2.75, 3.05) is 18.6 Å². The summed E-state index contributed by atoms with van der Waals surface area (Å²) in [5.41, 5.74) is 1.26. The Morgan fingerprint density at radius 3 is 2.88 bits per heavy atom. The van der Waals surface area contributed by atoms with Gasteiger partial charge in [0.2, 0.25) is 0 Å². The first-order valence-corrected chi connectivity index (χ1v) is 7.54. The lowest BCUT2D eigenvalue weighted by Gasteiger charge is -2.05. The van der Waals surface area contributed by atoms with Gasteiger partial charge in [-0.3, -0.25) is 0 Å². The lowest BCUT2D eigenvalue weighted by molar-refractivity contribution is 0.618. The topological polar surface area (TPSA) is 12.0 Å². The number of halogens is 1. The largest absolute Gasteiger partial charge is 0.313 e. The second kappa shape index (κ2) is 8.91. The Morgan fingerprint density at radius 1 is 1.25 bits per heavy atom. The van der Waals surface area contributed by atoms with E-state index in [-0.39, 0.29) is 0 Å². The molecule has 0 aliphatic heterocycles. The van der Waals surface area contributed by atoms with E-state index in [1.807, 2.05) is 30.0 Å². The van der Waals surface area contributed by atoms with Crippen LogP contribution in [-0.2, 0) is 6.54 Å². The third-order valence-electron chi connectivity index (χ3n) is 2.42. The Kier molecular flexibility index (Phi) is 7.73. The third-order valence-corrected chi connectivity index (χ3v) is 3.35. The highest BCUT2D eigenvalue weighted by Gasteiger charge is 1.94. The minimum absolute atomic E-state index is 0.819. The summed E-state index contributed by atoms with van der Waals surface area (Å²) in [6.45, 7) is 2.02. The van der Waals surface area contributed by atoms with Gasteiger partial charge < -0.3 is 5.32 Å². The van der Waals surface area contributed by atoms with Gasteiger partial charge in [0, 0.05) is 11.6 Å². The van der Waals surface area contributed by atoms with Gasteiger partial charge in [0.25, 0.3) is 0 Å². The Hall–Kier alpha value is -0.180. The maximum Gasteiger partial charge on any atom is 0.0409 e. The van der Waals surface area contributed by atoms with Crippen LogP contribution in [0, 0.1) is 0 Å². The molecule has 0 heterocycles. The molecule has 0 fully saturated rings. The molecule has 1 aromatic rings. The second-order valence-electron chi connectivity index (χ2n) is 3.86. The van der Waals surface area contributed by atoms with Crippen molar-refractivity contribution < 1.29 is 0 Å². The Labute approximate surface area is 108 Å². The molecule has 0 saturated heterocycles. The van der Waals surface area contributed by atoms with E-state index in [0.29, 0.717) is 0 Å². The lowest BCUT2D eigenvalue weighted by atomic mass is 10.2. The summed E-state index contributed by atoms with van der Waals surface area (Å²) in [6.07, 6.45) is 6.09. The van der Waals surface area contributed by atoms with Crippen molar-refractivity contribution in [3.8, 4) is 0 Å². The van der Waals surface area contributed by atoms with Crippen LogP contribution in [0.15, 0.2) is 24.3 Å². The summed E-state index contributed by atoms with van der Waals surface area (Å²) >= 11 is 7.84. The van der Waals surface area contributed by atoms with E-state index < -0.39 is 0 Å². The molecular formula is C13H20ClNS. The van der Waals surface area contributed by atoms with Gasteiger partial charge in [-0.1, -0.05) is 30.2 Å². The smallest absolute Gasteiger partial charge is 0.0409 e. The quantitative estimate of drug-likeness (QED) is 0.708. The number of hydrogen-bond acceptors (Lipinski definition) is 2. The predicted molar refractivity (Wildman–Crippen MR) is 75.4 cm³/mol. The van der Waals surface area contributed by atoms with Crippen molar-refractivity contribution in [3.63, 3.8) is 0 Å². The molecule has 0 amide bonds. The molecule has 1 rings (SSSR count). The van der Waals surface area contributed by atoms with E-state index in [1.54, 1.807) is 0 Å². The Balaban J connectivity index is 2.03. The lowest BCUT2D eigenvalue weighted by Crippen LogP contribution is -2.14. The van der Waals surface area contributed by atoms with Gasteiger partial charge >= 0.3 is 0 Å². The maximum atomic E-state index is 5.91. The molecule has 1 N–H and O–H groups in total. The first-order valence-electron chi connectivity index (χ1n) is 5.77. The van der Waals surface area contributed by atoms with E-state index in [2.05, 4.69) is 17.6 Å². The molecule has 0 aliphatic carbocycles. The number of benzene rings is 1. The number of thioether (sulfide) groups is 1. The van der Waals surface area contributed by atoms with Crippen LogP contribution in [0.4, 0.5) is 0 Å². The van der Waals surface area contributed by atoms with E-state index in [4.69, 9.17) is 11.6 Å². The number of hydrogen-bond donors (Lipinski definition) is 1. The van der Waals surface area contributed by atoms with Gasteiger partial charge in [-0.25, -0.2) is 0 Å². The Bertz CT molecular complexity index is 291. The van der Waals surface area contributed by atoms with Gasteiger partial charge in [-0.05, 0) is 49.1 Å². The highest BCUT2D eigenvalue weighted by Crippen LogP contribution is 2.10. The second-order valence-corrected chi connectivity index (χ2v) is 5.28. The molecule has 16 heavy (non-hydrogen) atoms. The van der Waals surface area contributed by atoms with Crippen LogP contribution in [0.25, 0.3) is 0 Å². The van der Waals surface area contributed by atoms with Gasteiger partial charge in [0.15, 0.2) is 0 Å². The van der Waals surface area contributed by atoms with Crippen LogP contribution in [0.1, 0.15) is 24.8 Å². The average Bonchev–Trinajstić information content (AvgIpc) is 2.28. The summed E-state index contributed by atoms with van der Waals surface area (Å²) in [5.74, 6) is 1.29. The van der Waals surface area contributed by atoms with Gasteiger partial charge in [0.1, 0.15) is 0 Å². The summed E-state index contributed by atoms with van der Waals surface area (Å²) < 4.78 is 0. The summed E-state index contributed by atoms with van der Waals surface area (Å²) in [4.78, 5) is 0. The Morgan fingerprint density at radius 2 is 2.12 bits per heavy atom. The fraction of sp³-hybridized carbons (Fsp3) is 0.538. The first kappa shape index (κ1) is 13.9. The van der Waals surface area contributed by atoms with Crippen LogP contribution >= 0.6 is 23.4 Å². The first-order chi connectivity index (χ1) is 7.83. The number of unbranched alkanes of at least 4 members (excludes halogenated alkanes) is 2. The molecular weight excluding hydrogens is 238 g/mol. The molecule has 0 saturated carbocycles. The molecule has 1 nitrogen and oxygen atoms in total. The van der Waals surface area contributed by atoms with E-state index in [9.17, 15) is 0 Å². The average molecular weight is 258 g/mol. The van der Waals surface area contributed by atoms with E-state index in [1.165, 1.54) is 30.6 Å². The summed E-state index contributed by atoms with van der Waals surface area (Å²) in [5, 5.41) is 4.26. The summed E-state index contributed by atoms with van der Waals surface area (Å²) in [6, 6.07) is 8.03. The highest BCUT2D eigenvalue weighted by molar-refractivity contribution is 7.98. The molecule has 0 bridgehead atoms. The van der Waals surface area contributed by atoms with Crippen molar-refractivity contribution in [3.05, 3.63) is 34.9 Å². The van der Waals surface area contributed by atoms with E-state index in [0.717, 1.165) is 18.1 Å². The predicted octanol–water partition coefficient (Wildman–Crippen LogP) is 3.96. The van der Waals surface area contributed by atoms with Gasteiger partial charge in [0.05, 0.1) is 0 Å². The molecule has 0 atom stereocenters. The molecule has 0 radical (unpaired) electrons. The molecule has 0 spiro atoms. The van der Waals surface area contributed by atoms with Crippen LogP contribution in [-0.4, -0.2) is 18.6 Å². The monoisotopic (exact) mass is 257 g/mol. The highest BCUT2D eigenvalue weighted by atomic mass is 35.5. The fourth-order valence-corrected chi connectivity index (χ4v) is 2.26. The molecule has 3 heteroatoms. The zero-order chi connectivity index (χ0) is 11.6. The van der Waals surface area contributed by atoms with Crippen molar-refractivity contribution in [1.29, 1.82) is 0 Å². The van der Waals surface area contributed by atoms with Gasteiger partial charge in [-0.2, -0.15) is 11.8 Å². The minimum atomic E-state index is 0.819. The number of nitrogens with one attached hydrogen (secondary N) is 1. The SMILES string of the molecule is CSCCCCCNCc1cccc(Cl)c1. The molecule has 0 aromatic heterocycles. The van der Waals surface area contributed by atoms with Gasteiger partial charge in [-0.15, -0.1) is 0 Å². The standard InChI is InChI=1S/C13H20ClNS/c1-16-9-4-2-3-8-15-11-12-6-5-7-13(14)10-12/h5-7,10,15H,2-4,8-9,11H2,1H3. The van der Waals surface area contributed by atoms with Crippen molar-refractivity contribution in [1.82, 2.24) is 5.32 Å². The minimum Gasteiger partial charge on any atom is -0.313 e. The zero-order valence-corrected chi connectivity index (χ0v) is 11.4. The molecule has 0 aliphatic rings.